The molecule has 1 atom stereocenters. The normalized spacial score (nSPS) is 20.1. The number of carboxylic acid groups (broad SMARTS) is 1. The maximum atomic E-state index is 11.3. The summed E-state index contributed by atoms with van der Waals surface area (Å²) in [6.45, 7) is 1.36. The average molecular weight is 237 g/mol. The molecule has 1 aromatic rings. The molecule has 1 aromatic heterocycles. The van der Waals surface area contributed by atoms with Gasteiger partial charge in [-0.3, -0.25) is 4.79 Å². The summed E-state index contributed by atoms with van der Waals surface area (Å²) in [5.74, 6) is -1.19. The molecule has 92 valence electrons. The molecule has 1 aliphatic rings. The monoisotopic (exact) mass is 237 g/mol. The quantitative estimate of drug-likeness (QED) is 0.855. The SMILES string of the molecule is O=C(O)c1cn(CC2CCCCO2)ccc1=O. The van der Waals surface area contributed by atoms with Crippen LogP contribution in [-0.2, 0) is 11.3 Å². The fourth-order valence-corrected chi connectivity index (χ4v) is 1.99. The van der Waals surface area contributed by atoms with E-state index >= 15 is 0 Å². The molecule has 1 saturated heterocycles. The van der Waals surface area contributed by atoms with E-state index in [4.69, 9.17) is 9.84 Å². The Morgan fingerprint density at radius 2 is 2.35 bits per heavy atom. The Morgan fingerprint density at radius 3 is 3.00 bits per heavy atom. The number of hydrogen-bond donors (Lipinski definition) is 1. The maximum Gasteiger partial charge on any atom is 0.341 e. The molecular weight excluding hydrogens is 222 g/mol. The van der Waals surface area contributed by atoms with Gasteiger partial charge in [0.15, 0.2) is 5.43 Å². The van der Waals surface area contributed by atoms with E-state index in [1.54, 1.807) is 10.8 Å². The summed E-state index contributed by atoms with van der Waals surface area (Å²) in [5, 5.41) is 8.85. The van der Waals surface area contributed by atoms with E-state index in [-0.39, 0.29) is 11.7 Å². The summed E-state index contributed by atoms with van der Waals surface area (Å²) in [4.78, 5) is 22.1. The third-order valence-corrected chi connectivity index (χ3v) is 2.90. The average Bonchev–Trinajstić information content (AvgIpc) is 2.32. The first-order valence-corrected chi connectivity index (χ1v) is 5.72. The van der Waals surface area contributed by atoms with Gasteiger partial charge in [0.1, 0.15) is 5.56 Å². The van der Waals surface area contributed by atoms with Gasteiger partial charge in [0, 0.05) is 31.6 Å². The number of nitrogens with zero attached hydrogens (tertiary/aromatic N) is 1. The van der Waals surface area contributed by atoms with Crippen molar-refractivity contribution in [1.82, 2.24) is 4.57 Å². The summed E-state index contributed by atoms with van der Waals surface area (Å²) in [7, 11) is 0. The molecule has 2 rings (SSSR count). The largest absolute Gasteiger partial charge is 0.477 e. The fourth-order valence-electron chi connectivity index (χ4n) is 1.99. The Kier molecular flexibility index (Phi) is 3.58. The number of carbonyl (C=O) groups is 1. The molecule has 1 N–H and O–H groups in total. The standard InChI is InChI=1S/C12H15NO4/c14-11-4-5-13(8-10(11)12(15)16)7-9-3-1-2-6-17-9/h4-5,8-9H,1-3,6-7H2,(H,15,16). The first-order chi connectivity index (χ1) is 8.16. The summed E-state index contributed by atoms with van der Waals surface area (Å²) in [5.41, 5.74) is -0.651. The molecule has 0 saturated carbocycles. The molecule has 1 unspecified atom stereocenters. The van der Waals surface area contributed by atoms with Crippen LogP contribution in [0.25, 0.3) is 0 Å². The van der Waals surface area contributed by atoms with Gasteiger partial charge in [-0.25, -0.2) is 4.79 Å². The molecule has 0 amide bonds. The lowest BCUT2D eigenvalue weighted by Gasteiger charge is -2.23. The minimum absolute atomic E-state index is 0.118. The molecule has 0 spiro atoms. The van der Waals surface area contributed by atoms with Gasteiger partial charge in [-0.1, -0.05) is 0 Å². The number of aromatic nitrogens is 1. The highest BCUT2D eigenvalue weighted by atomic mass is 16.5. The van der Waals surface area contributed by atoms with Gasteiger partial charge in [0.25, 0.3) is 0 Å². The van der Waals surface area contributed by atoms with Crippen LogP contribution >= 0.6 is 0 Å². The molecule has 2 heterocycles. The topological polar surface area (TPSA) is 68.5 Å². The Labute approximate surface area is 98.6 Å². The van der Waals surface area contributed by atoms with Crippen molar-refractivity contribution in [2.24, 2.45) is 0 Å². The van der Waals surface area contributed by atoms with E-state index in [2.05, 4.69) is 0 Å². The van der Waals surface area contributed by atoms with Crippen molar-refractivity contribution in [3.8, 4) is 0 Å². The first kappa shape index (κ1) is 11.9. The van der Waals surface area contributed by atoms with Gasteiger partial charge >= 0.3 is 5.97 Å². The maximum absolute atomic E-state index is 11.3. The van der Waals surface area contributed by atoms with Crippen LogP contribution in [0.5, 0.6) is 0 Å². The van der Waals surface area contributed by atoms with Gasteiger partial charge < -0.3 is 14.4 Å². The first-order valence-electron chi connectivity index (χ1n) is 5.72. The zero-order valence-electron chi connectivity index (χ0n) is 9.46. The smallest absolute Gasteiger partial charge is 0.341 e. The van der Waals surface area contributed by atoms with Crippen LogP contribution in [0.1, 0.15) is 29.6 Å². The van der Waals surface area contributed by atoms with Crippen molar-refractivity contribution in [2.45, 2.75) is 31.9 Å². The van der Waals surface area contributed by atoms with Gasteiger partial charge in [0.2, 0.25) is 0 Å². The molecule has 0 aromatic carbocycles. The lowest BCUT2D eigenvalue weighted by Crippen LogP contribution is -2.26. The lowest BCUT2D eigenvalue weighted by atomic mass is 10.1. The number of rotatable bonds is 3. The fraction of sp³-hybridized carbons (Fsp3) is 0.500. The molecule has 0 bridgehead atoms. The van der Waals surface area contributed by atoms with Gasteiger partial charge in [-0.2, -0.15) is 0 Å². The van der Waals surface area contributed by atoms with E-state index < -0.39 is 11.4 Å². The number of pyridine rings is 1. The van der Waals surface area contributed by atoms with Crippen molar-refractivity contribution in [2.75, 3.05) is 6.61 Å². The summed E-state index contributed by atoms with van der Waals surface area (Å²) in [6.07, 6.45) is 6.30. The van der Waals surface area contributed by atoms with E-state index in [0.717, 1.165) is 25.9 Å². The van der Waals surface area contributed by atoms with E-state index in [9.17, 15) is 9.59 Å². The van der Waals surface area contributed by atoms with Crippen molar-refractivity contribution in [3.63, 3.8) is 0 Å². The lowest BCUT2D eigenvalue weighted by molar-refractivity contribution is 0.00582. The predicted octanol–water partition coefficient (Wildman–Crippen LogP) is 1.12. The Bertz CT molecular complexity index is 460. The van der Waals surface area contributed by atoms with Crippen molar-refractivity contribution >= 4 is 5.97 Å². The van der Waals surface area contributed by atoms with Crippen LogP contribution in [0.2, 0.25) is 0 Å². The molecule has 1 aliphatic heterocycles. The predicted molar refractivity (Wildman–Crippen MR) is 61.3 cm³/mol. The van der Waals surface area contributed by atoms with Crippen LogP contribution in [0.3, 0.4) is 0 Å². The van der Waals surface area contributed by atoms with Gasteiger partial charge in [0.05, 0.1) is 6.10 Å². The summed E-state index contributed by atoms with van der Waals surface area (Å²) >= 11 is 0. The zero-order chi connectivity index (χ0) is 12.3. The minimum Gasteiger partial charge on any atom is -0.477 e. The Hall–Kier alpha value is -1.62. The van der Waals surface area contributed by atoms with Crippen LogP contribution in [0.15, 0.2) is 23.3 Å². The van der Waals surface area contributed by atoms with E-state index in [1.165, 1.54) is 12.3 Å². The molecule has 0 radical (unpaired) electrons. The number of ether oxygens (including phenoxy) is 1. The van der Waals surface area contributed by atoms with Crippen LogP contribution in [0.4, 0.5) is 0 Å². The van der Waals surface area contributed by atoms with E-state index in [0.29, 0.717) is 6.54 Å². The highest BCUT2D eigenvalue weighted by Crippen LogP contribution is 2.14. The molecule has 0 aliphatic carbocycles. The highest BCUT2D eigenvalue weighted by molar-refractivity contribution is 5.86. The molecule has 5 heteroatoms. The Morgan fingerprint density at radius 1 is 1.53 bits per heavy atom. The number of carboxylic acids is 1. The van der Waals surface area contributed by atoms with Gasteiger partial charge in [-0.15, -0.1) is 0 Å². The van der Waals surface area contributed by atoms with Crippen LogP contribution in [0, 0.1) is 0 Å². The van der Waals surface area contributed by atoms with Crippen molar-refractivity contribution in [3.05, 3.63) is 34.2 Å². The minimum atomic E-state index is -1.19. The van der Waals surface area contributed by atoms with Crippen LogP contribution in [-0.4, -0.2) is 28.4 Å². The molecular formula is C12H15NO4. The second kappa shape index (κ2) is 5.14. The van der Waals surface area contributed by atoms with Crippen LogP contribution < -0.4 is 5.43 Å². The van der Waals surface area contributed by atoms with E-state index in [1.807, 2.05) is 0 Å². The summed E-state index contributed by atoms with van der Waals surface area (Å²) in [6, 6.07) is 1.28. The second-order valence-corrected chi connectivity index (χ2v) is 4.21. The zero-order valence-corrected chi connectivity index (χ0v) is 9.46. The molecule has 5 nitrogen and oxygen atoms in total. The van der Waals surface area contributed by atoms with Crippen molar-refractivity contribution < 1.29 is 14.6 Å². The van der Waals surface area contributed by atoms with Crippen molar-refractivity contribution in [1.29, 1.82) is 0 Å². The second-order valence-electron chi connectivity index (χ2n) is 4.21. The van der Waals surface area contributed by atoms with Gasteiger partial charge in [-0.05, 0) is 19.3 Å². The number of hydrogen-bond acceptors (Lipinski definition) is 3. The molecule has 17 heavy (non-hydrogen) atoms. The third-order valence-electron chi connectivity index (χ3n) is 2.90. The Balaban J connectivity index is 2.13. The number of aromatic carboxylic acids is 1. The highest BCUT2D eigenvalue weighted by Gasteiger charge is 2.15. The summed E-state index contributed by atoms with van der Waals surface area (Å²) < 4.78 is 7.28. The molecule has 1 fully saturated rings. The third kappa shape index (κ3) is 2.94.